The molecule has 1 heterocycles. The smallest absolute Gasteiger partial charge is 0.299 e. The summed E-state index contributed by atoms with van der Waals surface area (Å²) in [5, 5.41) is 10.4. The Labute approximate surface area is 94.8 Å². The van der Waals surface area contributed by atoms with E-state index < -0.39 is 5.91 Å². The molecule has 1 amide bonds. The number of hydrogen-bond acceptors (Lipinski definition) is 4. The van der Waals surface area contributed by atoms with Crippen LogP contribution in [0.15, 0.2) is 12.3 Å². The van der Waals surface area contributed by atoms with Crippen LogP contribution < -0.4 is 0 Å². The lowest BCUT2D eigenvalue weighted by atomic mass is 10.3. The summed E-state index contributed by atoms with van der Waals surface area (Å²) in [5.41, 5.74) is -0.0187. The van der Waals surface area contributed by atoms with Crippen molar-refractivity contribution < 1.29 is 14.7 Å². The van der Waals surface area contributed by atoms with E-state index in [1.807, 2.05) is 22.6 Å². The molecule has 0 spiro atoms. The third-order valence-electron chi connectivity index (χ3n) is 1.60. The summed E-state index contributed by atoms with van der Waals surface area (Å²) in [7, 11) is 2.81. The van der Waals surface area contributed by atoms with Crippen LogP contribution in [-0.4, -0.2) is 35.2 Å². The first kappa shape index (κ1) is 11.2. The molecule has 1 N–H and O–H groups in total. The molecular formula is C8H9IN2O3. The van der Waals surface area contributed by atoms with Crippen molar-refractivity contribution in [3.63, 3.8) is 0 Å². The van der Waals surface area contributed by atoms with Gasteiger partial charge in [0, 0.05) is 16.8 Å². The number of hydroxylamine groups is 2. The Kier molecular flexibility index (Phi) is 3.64. The average molecular weight is 308 g/mol. The van der Waals surface area contributed by atoms with E-state index in [0.29, 0.717) is 0 Å². The largest absolute Gasteiger partial charge is 0.505 e. The molecule has 0 atom stereocenters. The van der Waals surface area contributed by atoms with Gasteiger partial charge < -0.3 is 5.11 Å². The van der Waals surface area contributed by atoms with E-state index >= 15 is 0 Å². The van der Waals surface area contributed by atoms with Crippen molar-refractivity contribution in [3.8, 4) is 5.75 Å². The summed E-state index contributed by atoms with van der Waals surface area (Å²) in [5.74, 6) is -0.632. The van der Waals surface area contributed by atoms with Crippen LogP contribution >= 0.6 is 22.6 Å². The SMILES string of the molecule is CON(C)C(=O)c1ncc(I)cc1O. The highest BCUT2D eigenvalue weighted by Crippen LogP contribution is 2.18. The maximum atomic E-state index is 11.5. The number of rotatable bonds is 2. The first-order valence-corrected chi connectivity index (χ1v) is 4.80. The Hall–Kier alpha value is -0.890. The number of hydrogen-bond donors (Lipinski definition) is 1. The van der Waals surface area contributed by atoms with Crippen molar-refractivity contribution in [2.75, 3.05) is 14.2 Å². The summed E-state index contributed by atoms with van der Waals surface area (Å²) < 4.78 is 0.761. The molecular weight excluding hydrogens is 299 g/mol. The summed E-state index contributed by atoms with van der Waals surface area (Å²) in [4.78, 5) is 20.0. The number of pyridine rings is 1. The molecule has 0 radical (unpaired) electrons. The lowest BCUT2D eigenvalue weighted by Crippen LogP contribution is -2.26. The third-order valence-corrected chi connectivity index (χ3v) is 2.19. The second kappa shape index (κ2) is 4.56. The molecule has 76 valence electrons. The normalized spacial score (nSPS) is 9.93. The van der Waals surface area contributed by atoms with E-state index in [0.717, 1.165) is 8.63 Å². The van der Waals surface area contributed by atoms with Crippen LogP contribution in [0.2, 0.25) is 0 Å². The first-order valence-electron chi connectivity index (χ1n) is 3.73. The minimum absolute atomic E-state index is 0.0187. The zero-order chi connectivity index (χ0) is 10.7. The minimum atomic E-state index is -0.485. The number of carbonyl (C=O) groups excluding carboxylic acids is 1. The van der Waals surface area contributed by atoms with Crippen LogP contribution in [0.3, 0.4) is 0 Å². The topological polar surface area (TPSA) is 62.7 Å². The molecule has 0 fully saturated rings. The van der Waals surface area contributed by atoms with Gasteiger partial charge in [-0.05, 0) is 28.7 Å². The van der Waals surface area contributed by atoms with Crippen molar-refractivity contribution in [1.82, 2.24) is 10.0 Å². The molecule has 0 saturated carbocycles. The molecule has 0 aliphatic carbocycles. The van der Waals surface area contributed by atoms with Gasteiger partial charge in [0.05, 0.1) is 7.11 Å². The van der Waals surface area contributed by atoms with Crippen LogP contribution in [0.4, 0.5) is 0 Å². The predicted octanol–water partition coefficient (Wildman–Crippen LogP) is 1.03. The predicted molar refractivity (Wildman–Crippen MR) is 57.7 cm³/mol. The number of halogens is 1. The molecule has 0 unspecified atom stereocenters. The lowest BCUT2D eigenvalue weighted by molar-refractivity contribution is -0.0762. The van der Waals surface area contributed by atoms with Crippen molar-refractivity contribution in [2.45, 2.75) is 0 Å². The number of amides is 1. The molecule has 5 nitrogen and oxygen atoms in total. The fourth-order valence-corrected chi connectivity index (χ4v) is 1.26. The van der Waals surface area contributed by atoms with E-state index in [-0.39, 0.29) is 11.4 Å². The van der Waals surface area contributed by atoms with Gasteiger partial charge in [-0.3, -0.25) is 9.63 Å². The van der Waals surface area contributed by atoms with Gasteiger partial charge in [-0.25, -0.2) is 10.0 Å². The molecule has 1 aromatic rings. The fourth-order valence-electron chi connectivity index (χ4n) is 0.825. The zero-order valence-electron chi connectivity index (χ0n) is 7.69. The summed E-state index contributed by atoms with van der Waals surface area (Å²) in [6, 6.07) is 1.46. The van der Waals surface area contributed by atoms with Gasteiger partial charge >= 0.3 is 0 Å². The van der Waals surface area contributed by atoms with E-state index in [1.54, 1.807) is 0 Å². The highest BCUT2D eigenvalue weighted by atomic mass is 127. The van der Waals surface area contributed by atoms with Crippen molar-refractivity contribution >= 4 is 28.5 Å². The Morgan fingerprint density at radius 3 is 2.86 bits per heavy atom. The fraction of sp³-hybridized carbons (Fsp3) is 0.250. The van der Waals surface area contributed by atoms with Crippen LogP contribution in [0.1, 0.15) is 10.5 Å². The number of carbonyl (C=O) groups is 1. The number of aromatic hydroxyl groups is 1. The molecule has 14 heavy (non-hydrogen) atoms. The van der Waals surface area contributed by atoms with Crippen LogP contribution in [0.25, 0.3) is 0 Å². The van der Waals surface area contributed by atoms with Crippen LogP contribution in [-0.2, 0) is 4.84 Å². The van der Waals surface area contributed by atoms with E-state index in [2.05, 4.69) is 9.82 Å². The average Bonchev–Trinajstić information content (AvgIpc) is 2.15. The summed E-state index contributed by atoms with van der Waals surface area (Å²) in [6.07, 6.45) is 1.50. The van der Waals surface area contributed by atoms with Gasteiger partial charge in [0.15, 0.2) is 5.69 Å². The third kappa shape index (κ3) is 2.32. The van der Waals surface area contributed by atoms with Crippen LogP contribution in [0, 0.1) is 3.57 Å². The molecule has 0 saturated heterocycles. The lowest BCUT2D eigenvalue weighted by Gasteiger charge is -2.13. The Morgan fingerprint density at radius 1 is 1.71 bits per heavy atom. The molecule has 0 aliphatic heterocycles. The van der Waals surface area contributed by atoms with Gasteiger partial charge in [0.25, 0.3) is 5.91 Å². The second-order valence-electron chi connectivity index (χ2n) is 2.51. The molecule has 1 aromatic heterocycles. The molecule has 0 aliphatic rings. The van der Waals surface area contributed by atoms with E-state index in [4.69, 9.17) is 0 Å². The molecule has 6 heteroatoms. The van der Waals surface area contributed by atoms with Crippen molar-refractivity contribution in [1.29, 1.82) is 0 Å². The van der Waals surface area contributed by atoms with Crippen LogP contribution in [0.5, 0.6) is 5.75 Å². The summed E-state index contributed by atoms with van der Waals surface area (Å²) >= 11 is 1.99. The monoisotopic (exact) mass is 308 g/mol. The first-order chi connectivity index (χ1) is 6.56. The Morgan fingerprint density at radius 2 is 2.36 bits per heavy atom. The van der Waals surface area contributed by atoms with Gasteiger partial charge in [0.1, 0.15) is 5.75 Å². The maximum absolute atomic E-state index is 11.5. The zero-order valence-corrected chi connectivity index (χ0v) is 9.85. The summed E-state index contributed by atoms with van der Waals surface area (Å²) in [6.45, 7) is 0. The number of nitrogens with zero attached hydrogens (tertiary/aromatic N) is 2. The van der Waals surface area contributed by atoms with Gasteiger partial charge in [0.2, 0.25) is 0 Å². The van der Waals surface area contributed by atoms with E-state index in [1.165, 1.54) is 26.4 Å². The minimum Gasteiger partial charge on any atom is -0.505 e. The Bertz CT molecular complexity index is 356. The standard InChI is InChI=1S/C8H9IN2O3/c1-11(14-2)8(13)7-6(12)3-5(9)4-10-7/h3-4,12H,1-2H3. The maximum Gasteiger partial charge on any atom is 0.299 e. The highest BCUT2D eigenvalue weighted by Gasteiger charge is 2.17. The van der Waals surface area contributed by atoms with Gasteiger partial charge in [-0.2, -0.15) is 0 Å². The van der Waals surface area contributed by atoms with E-state index in [9.17, 15) is 9.90 Å². The Balaban J connectivity index is 3.02. The van der Waals surface area contributed by atoms with Gasteiger partial charge in [-0.1, -0.05) is 0 Å². The second-order valence-corrected chi connectivity index (χ2v) is 3.75. The highest BCUT2D eigenvalue weighted by molar-refractivity contribution is 14.1. The van der Waals surface area contributed by atoms with Gasteiger partial charge in [-0.15, -0.1) is 0 Å². The molecule has 0 aromatic carbocycles. The molecule has 1 rings (SSSR count). The van der Waals surface area contributed by atoms with Crippen molar-refractivity contribution in [3.05, 3.63) is 21.5 Å². The quantitative estimate of drug-likeness (QED) is 0.655. The number of aromatic nitrogens is 1. The van der Waals surface area contributed by atoms with Crippen molar-refractivity contribution in [2.24, 2.45) is 0 Å². The molecule has 0 bridgehead atoms.